The Morgan fingerprint density at radius 1 is 0.862 bits per heavy atom. The van der Waals surface area contributed by atoms with E-state index in [0.29, 0.717) is 17.1 Å². The van der Waals surface area contributed by atoms with Crippen LogP contribution < -0.4 is 10.6 Å². The fourth-order valence-corrected chi connectivity index (χ4v) is 2.73. The molecule has 1 aromatic heterocycles. The van der Waals surface area contributed by atoms with Gasteiger partial charge in [-0.2, -0.15) is 0 Å². The van der Waals surface area contributed by atoms with Crippen LogP contribution in [0.15, 0.2) is 60.9 Å². The molecule has 29 heavy (non-hydrogen) atoms. The molecule has 0 aliphatic rings. The fourth-order valence-electron chi connectivity index (χ4n) is 2.73. The smallest absolute Gasteiger partial charge is 0.274 e. The Morgan fingerprint density at radius 2 is 1.48 bits per heavy atom. The van der Waals surface area contributed by atoms with Crippen molar-refractivity contribution in [3.63, 3.8) is 0 Å². The third kappa shape index (κ3) is 5.25. The van der Waals surface area contributed by atoms with Crippen LogP contribution in [0.25, 0.3) is 0 Å². The predicted octanol–water partition coefficient (Wildman–Crippen LogP) is 4.97. The molecule has 0 unspecified atom stereocenters. The first-order chi connectivity index (χ1) is 13.7. The standard InChI is InChI=1S/C23H24N4O2/c1-15(28)16-5-9-18(10-6-16)26-21-13-20(24-14-25-21)22(29)27-19-11-7-17(8-12-19)23(2,3)4/h5-14H,1-4H3,(H,27,29)(H,24,25,26). The highest BCUT2D eigenvalue weighted by Crippen LogP contribution is 2.23. The van der Waals surface area contributed by atoms with Gasteiger partial charge in [0.25, 0.3) is 5.91 Å². The lowest BCUT2D eigenvalue weighted by atomic mass is 9.87. The molecule has 2 N–H and O–H groups in total. The number of hydrogen-bond acceptors (Lipinski definition) is 5. The van der Waals surface area contributed by atoms with E-state index in [9.17, 15) is 9.59 Å². The molecular formula is C23H24N4O2. The van der Waals surface area contributed by atoms with Crippen molar-refractivity contribution < 1.29 is 9.59 Å². The molecule has 3 rings (SSSR count). The van der Waals surface area contributed by atoms with E-state index < -0.39 is 0 Å². The van der Waals surface area contributed by atoms with Gasteiger partial charge in [-0.1, -0.05) is 32.9 Å². The molecule has 1 amide bonds. The molecule has 0 aliphatic carbocycles. The van der Waals surface area contributed by atoms with E-state index in [0.717, 1.165) is 5.69 Å². The Kier molecular flexibility index (Phi) is 5.73. The summed E-state index contributed by atoms with van der Waals surface area (Å²) >= 11 is 0. The molecule has 0 aliphatic heterocycles. The fraction of sp³-hybridized carbons (Fsp3) is 0.217. The molecule has 148 valence electrons. The van der Waals surface area contributed by atoms with Crippen LogP contribution in [0.4, 0.5) is 17.2 Å². The van der Waals surface area contributed by atoms with Gasteiger partial charge in [0.1, 0.15) is 17.8 Å². The van der Waals surface area contributed by atoms with Crippen molar-refractivity contribution in [1.29, 1.82) is 0 Å². The molecule has 3 aromatic rings. The summed E-state index contributed by atoms with van der Waals surface area (Å²) in [5.41, 5.74) is 3.60. The van der Waals surface area contributed by atoms with Crippen LogP contribution in [-0.2, 0) is 5.41 Å². The number of benzene rings is 2. The number of amides is 1. The minimum absolute atomic E-state index is 0.00748. The highest BCUT2D eigenvalue weighted by Gasteiger charge is 2.14. The van der Waals surface area contributed by atoms with Crippen molar-refractivity contribution >= 4 is 28.9 Å². The van der Waals surface area contributed by atoms with Crippen LogP contribution in [0, 0.1) is 0 Å². The Hall–Kier alpha value is -3.54. The molecule has 0 fully saturated rings. The zero-order valence-corrected chi connectivity index (χ0v) is 17.0. The first-order valence-corrected chi connectivity index (χ1v) is 9.34. The molecule has 6 nitrogen and oxygen atoms in total. The van der Waals surface area contributed by atoms with E-state index in [1.54, 1.807) is 30.3 Å². The van der Waals surface area contributed by atoms with Gasteiger partial charge in [0, 0.05) is 23.0 Å². The maximum Gasteiger partial charge on any atom is 0.274 e. The van der Waals surface area contributed by atoms with Crippen molar-refractivity contribution in [3.05, 3.63) is 77.7 Å². The first kappa shape index (κ1) is 20.2. The summed E-state index contributed by atoms with van der Waals surface area (Å²) in [7, 11) is 0. The minimum Gasteiger partial charge on any atom is -0.340 e. The third-order valence-electron chi connectivity index (χ3n) is 4.47. The Morgan fingerprint density at radius 3 is 2.07 bits per heavy atom. The van der Waals surface area contributed by atoms with Gasteiger partial charge < -0.3 is 10.6 Å². The molecule has 0 atom stereocenters. The average molecular weight is 388 g/mol. The number of carbonyl (C=O) groups excluding carboxylic acids is 2. The molecule has 0 saturated heterocycles. The highest BCUT2D eigenvalue weighted by molar-refractivity contribution is 6.03. The maximum atomic E-state index is 12.6. The van der Waals surface area contributed by atoms with E-state index >= 15 is 0 Å². The lowest BCUT2D eigenvalue weighted by Gasteiger charge is -2.19. The number of carbonyl (C=O) groups is 2. The van der Waals surface area contributed by atoms with Crippen LogP contribution in [0.1, 0.15) is 54.1 Å². The lowest BCUT2D eigenvalue weighted by Crippen LogP contribution is -2.15. The van der Waals surface area contributed by atoms with Gasteiger partial charge in [0.2, 0.25) is 0 Å². The number of hydrogen-bond donors (Lipinski definition) is 2. The SMILES string of the molecule is CC(=O)c1ccc(Nc2cc(C(=O)Nc3ccc(C(C)(C)C)cc3)ncn2)cc1. The second kappa shape index (κ2) is 8.22. The summed E-state index contributed by atoms with van der Waals surface area (Å²) in [6.07, 6.45) is 1.34. The average Bonchev–Trinajstić information content (AvgIpc) is 2.68. The number of anilines is 3. The summed E-state index contributed by atoms with van der Waals surface area (Å²) in [5.74, 6) is 0.183. The Bertz CT molecular complexity index is 1020. The van der Waals surface area contributed by atoms with E-state index in [1.165, 1.54) is 18.8 Å². The van der Waals surface area contributed by atoms with E-state index in [-0.39, 0.29) is 22.8 Å². The number of ketones is 1. The topological polar surface area (TPSA) is 84.0 Å². The Labute approximate surface area is 170 Å². The van der Waals surface area contributed by atoms with Crippen LogP contribution in [0.5, 0.6) is 0 Å². The molecule has 2 aromatic carbocycles. The van der Waals surface area contributed by atoms with Gasteiger partial charge in [-0.25, -0.2) is 9.97 Å². The van der Waals surface area contributed by atoms with Crippen LogP contribution >= 0.6 is 0 Å². The largest absolute Gasteiger partial charge is 0.340 e. The molecule has 0 spiro atoms. The highest BCUT2D eigenvalue weighted by atomic mass is 16.2. The maximum absolute atomic E-state index is 12.6. The first-order valence-electron chi connectivity index (χ1n) is 9.34. The van der Waals surface area contributed by atoms with Gasteiger partial charge in [-0.05, 0) is 54.3 Å². The van der Waals surface area contributed by atoms with Gasteiger partial charge in [-0.3, -0.25) is 9.59 Å². The number of rotatable bonds is 5. The summed E-state index contributed by atoms with van der Waals surface area (Å²) < 4.78 is 0. The molecule has 1 heterocycles. The number of nitrogens with one attached hydrogen (secondary N) is 2. The third-order valence-corrected chi connectivity index (χ3v) is 4.47. The van der Waals surface area contributed by atoms with Crippen molar-refractivity contribution in [3.8, 4) is 0 Å². The summed E-state index contributed by atoms with van der Waals surface area (Å²) in [6.45, 7) is 7.95. The van der Waals surface area contributed by atoms with Crippen molar-refractivity contribution in [2.45, 2.75) is 33.1 Å². The van der Waals surface area contributed by atoms with Crippen LogP contribution in [-0.4, -0.2) is 21.7 Å². The van der Waals surface area contributed by atoms with Crippen molar-refractivity contribution in [2.24, 2.45) is 0 Å². The number of Topliss-reactive ketones (excluding diaryl/α,β-unsaturated/α-hetero) is 1. The lowest BCUT2D eigenvalue weighted by molar-refractivity contribution is 0.101. The summed E-state index contributed by atoms with van der Waals surface area (Å²) in [6, 6.07) is 16.4. The quantitative estimate of drug-likeness (QED) is 0.603. The normalized spacial score (nSPS) is 11.0. The summed E-state index contributed by atoms with van der Waals surface area (Å²) in [5, 5.41) is 5.96. The van der Waals surface area contributed by atoms with Crippen molar-refractivity contribution in [1.82, 2.24) is 9.97 Å². The van der Waals surface area contributed by atoms with E-state index in [1.807, 2.05) is 24.3 Å². The monoisotopic (exact) mass is 388 g/mol. The molecular weight excluding hydrogens is 364 g/mol. The van der Waals surface area contributed by atoms with E-state index in [4.69, 9.17) is 0 Å². The molecule has 0 bridgehead atoms. The molecule has 0 saturated carbocycles. The second-order valence-corrected chi connectivity index (χ2v) is 7.83. The molecule has 0 radical (unpaired) electrons. The zero-order valence-electron chi connectivity index (χ0n) is 17.0. The van der Waals surface area contributed by atoms with Gasteiger partial charge in [-0.15, -0.1) is 0 Å². The summed E-state index contributed by atoms with van der Waals surface area (Å²) in [4.78, 5) is 32.1. The Balaban J connectivity index is 1.70. The van der Waals surface area contributed by atoms with Gasteiger partial charge in [0.05, 0.1) is 0 Å². The number of aromatic nitrogens is 2. The zero-order chi connectivity index (χ0) is 21.0. The van der Waals surface area contributed by atoms with E-state index in [2.05, 4.69) is 41.4 Å². The second-order valence-electron chi connectivity index (χ2n) is 7.83. The molecule has 6 heteroatoms. The minimum atomic E-state index is -0.314. The van der Waals surface area contributed by atoms with Crippen molar-refractivity contribution in [2.75, 3.05) is 10.6 Å². The van der Waals surface area contributed by atoms with Gasteiger partial charge in [0.15, 0.2) is 5.78 Å². The van der Waals surface area contributed by atoms with Gasteiger partial charge >= 0.3 is 0 Å². The van der Waals surface area contributed by atoms with Crippen LogP contribution in [0.3, 0.4) is 0 Å². The predicted molar refractivity (Wildman–Crippen MR) is 115 cm³/mol. The van der Waals surface area contributed by atoms with Crippen LogP contribution in [0.2, 0.25) is 0 Å². The number of nitrogens with zero attached hydrogens (tertiary/aromatic N) is 2.